The van der Waals surface area contributed by atoms with E-state index in [1.807, 2.05) is 6.07 Å². The molecule has 4 aromatic carbocycles. The van der Waals surface area contributed by atoms with Gasteiger partial charge in [0.15, 0.2) is 17.3 Å². The number of ether oxygens (including phenoxy) is 1. The number of anilines is 3. The van der Waals surface area contributed by atoms with Gasteiger partial charge in [0.1, 0.15) is 17.3 Å². The predicted molar refractivity (Wildman–Crippen MR) is 147 cm³/mol. The molecule has 1 heterocycles. The van der Waals surface area contributed by atoms with Crippen LogP contribution in [0.5, 0.6) is 11.5 Å². The fourth-order valence-electron chi connectivity index (χ4n) is 4.73. The standard InChI is InChI=1S/C30H20F5N3O5/c1-14-7-15(2)9-19(8-14)38-24-11-17(30(33,34)35)4-5-20(24)26(28(38)40)37-36-23-13-18(31)12-21(27(23)39)16-3-6-22(32)25(10-16)43-29(41)42/h3-13,36,39H,1-2H3,(H,41,42). The Bertz CT molecular complexity index is 1820. The third-order valence-corrected chi connectivity index (χ3v) is 6.49. The predicted octanol–water partition coefficient (Wildman–Crippen LogP) is 7.52. The molecule has 1 aliphatic heterocycles. The molecule has 0 atom stereocenters. The zero-order valence-corrected chi connectivity index (χ0v) is 22.3. The van der Waals surface area contributed by atoms with Gasteiger partial charge in [-0.2, -0.15) is 18.3 Å². The molecule has 1 aliphatic rings. The minimum absolute atomic E-state index is 0.0201. The summed E-state index contributed by atoms with van der Waals surface area (Å²) in [6, 6.07) is 12.5. The van der Waals surface area contributed by atoms with Gasteiger partial charge >= 0.3 is 12.3 Å². The summed E-state index contributed by atoms with van der Waals surface area (Å²) in [5.41, 5.74) is 2.33. The van der Waals surface area contributed by atoms with Crippen molar-refractivity contribution in [1.82, 2.24) is 0 Å². The molecule has 0 fully saturated rings. The van der Waals surface area contributed by atoms with Crippen molar-refractivity contribution < 1.29 is 46.5 Å². The summed E-state index contributed by atoms with van der Waals surface area (Å²) >= 11 is 0. The molecule has 0 radical (unpaired) electrons. The van der Waals surface area contributed by atoms with Crippen molar-refractivity contribution in [3.63, 3.8) is 0 Å². The van der Waals surface area contributed by atoms with Gasteiger partial charge in [0.25, 0.3) is 5.91 Å². The summed E-state index contributed by atoms with van der Waals surface area (Å²) in [6.07, 6.45) is -6.49. The fraction of sp³-hybridized carbons (Fsp3) is 0.100. The summed E-state index contributed by atoms with van der Waals surface area (Å²) in [5, 5.41) is 23.8. The molecule has 0 bridgehead atoms. The van der Waals surface area contributed by atoms with Gasteiger partial charge in [-0.3, -0.25) is 15.1 Å². The fourth-order valence-corrected chi connectivity index (χ4v) is 4.73. The van der Waals surface area contributed by atoms with Crippen LogP contribution in [-0.4, -0.2) is 28.0 Å². The molecule has 0 aromatic heterocycles. The molecule has 1 amide bonds. The van der Waals surface area contributed by atoms with E-state index in [9.17, 15) is 36.6 Å². The highest BCUT2D eigenvalue weighted by molar-refractivity contribution is 6.55. The Hall–Kier alpha value is -5.46. The summed E-state index contributed by atoms with van der Waals surface area (Å²) < 4.78 is 73.7. The first-order chi connectivity index (χ1) is 20.2. The quantitative estimate of drug-likeness (QED) is 0.0722. The lowest BCUT2D eigenvalue weighted by atomic mass is 10.0. The van der Waals surface area contributed by atoms with E-state index in [0.29, 0.717) is 5.69 Å². The third-order valence-electron chi connectivity index (χ3n) is 6.49. The number of aryl methyl sites for hydroxylation is 2. The van der Waals surface area contributed by atoms with Crippen LogP contribution in [0.2, 0.25) is 0 Å². The van der Waals surface area contributed by atoms with Gasteiger partial charge in [0.05, 0.1) is 11.3 Å². The smallest absolute Gasteiger partial charge is 0.505 e. The van der Waals surface area contributed by atoms with Gasteiger partial charge in [0, 0.05) is 22.9 Å². The Morgan fingerprint density at radius 2 is 1.63 bits per heavy atom. The number of carbonyl (C=O) groups excluding carboxylic acids is 1. The van der Waals surface area contributed by atoms with Crippen molar-refractivity contribution >= 4 is 34.8 Å². The van der Waals surface area contributed by atoms with Crippen LogP contribution in [0.1, 0.15) is 22.3 Å². The highest BCUT2D eigenvalue weighted by atomic mass is 19.4. The summed E-state index contributed by atoms with van der Waals surface area (Å²) in [4.78, 5) is 25.6. The zero-order chi connectivity index (χ0) is 31.2. The van der Waals surface area contributed by atoms with Crippen molar-refractivity contribution in [3.05, 3.63) is 101 Å². The number of benzene rings is 4. The Labute approximate surface area is 240 Å². The number of phenolic OH excluding ortho intramolecular Hbond substituents is 1. The second-order valence-electron chi connectivity index (χ2n) is 9.65. The Morgan fingerprint density at radius 1 is 0.930 bits per heavy atom. The molecule has 43 heavy (non-hydrogen) atoms. The lowest BCUT2D eigenvalue weighted by Crippen LogP contribution is -2.26. The molecule has 0 unspecified atom stereocenters. The maximum Gasteiger partial charge on any atom is 0.511 e. The summed E-state index contributed by atoms with van der Waals surface area (Å²) in [7, 11) is 0. The first-order valence-electron chi connectivity index (χ1n) is 12.4. The molecular formula is C30H20F5N3O5. The molecular weight excluding hydrogens is 577 g/mol. The highest BCUT2D eigenvalue weighted by Crippen LogP contribution is 2.42. The Balaban J connectivity index is 1.58. The van der Waals surface area contributed by atoms with Crippen LogP contribution in [0.15, 0.2) is 71.8 Å². The van der Waals surface area contributed by atoms with Gasteiger partial charge in [-0.1, -0.05) is 12.1 Å². The number of nitrogens with zero attached hydrogens (tertiary/aromatic N) is 2. The van der Waals surface area contributed by atoms with E-state index in [4.69, 9.17) is 5.11 Å². The van der Waals surface area contributed by atoms with Crippen LogP contribution >= 0.6 is 0 Å². The van der Waals surface area contributed by atoms with Crippen molar-refractivity contribution in [2.24, 2.45) is 5.10 Å². The lowest BCUT2D eigenvalue weighted by Gasteiger charge is -2.19. The molecule has 13 heteroatoms. The molecule has 0 spiro atoms. The van der Waals surface area contributed by atoms with E-state index in [2.05, 4.69) is 15.3 Å². The van der Waals surface area contributed by atoms with E-state index in [-0.39, 0.29) is 33.8 Å². The number of aromatic hydroxyl groups is 1. The van der Waals surface area contributed by atoms with E-state index >= 15 is 0 Å². The van der Waals surface area contributed by atoms with Gasteiger partial charge in [-0.05, 0) is 79.1 Å². The molecule has 0 saturated carbocycles. The lowest BCUT2D eigenvalue weighted by molar-refractivity contribution is -0.137. The molecule has 0 saturated heterocycles. The van der Waals surface area contributed by atoms with Gasteiger partial charge in [-0.25, -0.2) is 13.6 Å². The topological polar surface area (TPSA) is 111 Å². The van der Waals surface area contributed by atoms with Gasteiger partial charge < -0.3 is 14.9 Å². The second kappa shape index (κ2) is 10.7. The number of rotatable bonds is 5. The van der Waals surface area contributed by atoms with E-state index in [0.717, 1.165) is 64.6 Å². The van der Waals surface area contributed by atoms with Crippen molar-refractivity contribution in [2.75, 3.05) is 10.3 Å². The Morgan fingerprint density at radius 3 is 2.28 bits per heavy atom. The van der Waals surface area contributed by atoms with E-state index in [1.54, 1.807) is 26.0 Å². The molecule has 8 nitrogen and oxygen atoms in total. The van der Waals surface area contributed by atoms with Crippen LogP contribution in [-0.2, 0) is 11.0 Å². The summed E-state index contributed by atoms with van der Waals surface area (Å²) in [6.45, 7) is 3.53. The Kier molecular flexibility index (Phi) is 7.26. The minimum atomic E-state index is -4.69. The molecule has 0 aliphatic carbocycles. The number of carbonyl (C=O) groups is 2. The van der Waals surface area contributed by atoms with Crippen LogP contribution in [0.3, 0.4) is 0 Å². The van der Waals surface area contributed by atoms with Gasteiger partial charge in [-0.15, -0.1) is 0 Å². The number of fused-ring (bicyclic) bond motifs is 1. The summed E-state index contributed by atoms with van der Waals surface area (Å²) in [5.74, 6) is -4.00. The largest absolute Gasteiger partial charge is 0.511 e. The number of carboxylic acid groups (broad SMARTS) is 1. The average molecular weight is 597 g/mol. The minimum Gasteiger partial charge on any atom is -0.505 e. The number of hydrazone groups is 1. The number of amides is 1. The maximum absolute atomic E-state index is 14.6. The van der Waals surface area contributed by atoms with Crippen LogP contribution in [0, 0.1) is 25.5 Å². The highest BCUT2D eigenvalue weighted by Gasteiger charge is 2.39. The SMILES string of the molecule is Cc1cc(C)cc(N2C(=O)C(=NNc3cc(F)cc(-c4ccc(F)c(OC(=O)O)c4)c3O)c3ccc(C(F)(F)F)cc32)c1. The average Bonchev–Trinajstić information content (AvgIpc) is 3.19. The van der Waals surface area contributed by atoms with Crippen molar-refractivity contribution in [3.8, 4) is 22.6 Å². The number of hydrogen-bond acceptors (Lipinski definition) is 6. The zero-order valence-electron chi connectivity index (χ0n) is 22.3. The van der Waals surface area contributed by atoms with E-state index in [1.165, 1.54) is 0 Å². The molecule has 4 aromatic rings. The third kappa shape index (κ3) is 5.69. The monoisotopic (exact) mass is 597 g/mol. The number of hydrogen-bond donors (Lipinski definition) is 3. The maximum atomic E-state index is 14.6. The van der Waals surface area contributed by atoms with Gasteiger partial charge in [0.2, 0.25) is 0 Å². The number of halogens is 5. The molecule has 5 rings (SSSR count). The number of nitrogens with one attached hydrogen (secondary N) is 1. The molecule has 220 valence electrons. The van der Waals surface area contributed by atoms with Crippen molar-refractivity contribution in [2.45, 2.75) is 20.0 Å². The van der Waals surface area contributed by atoms with Crippen molar-refractivity contribution in [1.29, 1.82) is 0 Å². The molecule has 3 N–H and O–H groups in total. The number of alkyl halides is 3. The normalized spacial score (nSPS) is 13.8. The van der Waals surface area contributed by atoms with E-state index < -0.39 is 46.9 Å². The number of phenols is 1. The van der Waals surface area contributed by atoms with Crippen LogP contribution in [0.25, 0.3) is 11.1 Å². The van der Waals surface area contributed by atoms with Crippen LogP contribution in [0.4, 0.5) is 43.8 Å². The second-order valence-corrected chi connectivity index (χ2v) is 9.65. The first kappa shape index (κ1) is 29.0. The van der Waals surface area contributed by atoms with Crippen LogP contribution < -0.4 is 15.1 Å². The first-order valence-corrected chi connectivity index (χ1v) is 12.4.